The average molecular weight is 1120 g/mol. The third-order valence-corrected chi connectivity index (χ3v) is 15.4. The van der Waals surface area contributed by atoms with Crippen molar-refractivity contribution in [2.24, 2.45) is 0 Å². The van der Waals surface area contributed by atoms with Crippen LogP contribution in [0.2, 0.25) is 0 Å². The van der Waals surface area contributed by atoms with Gasteiger partial charge >= 0.3 is 0 Å². The van der Waals surface area contributed by atoms with Gasteiger partial charge in [-0.3, -0.25) is 33.6 Å². The molecule has 420 valence electrons. The van der Waals surface area contributed by atoms with Gasteiger partial charge in [-0.25, -0.2) is 4.58 Å². The van der Waals surface area contributed by atoms with Crippen molar-refractivity contribution in [3.63, 3.8) is 0 Å². The van der Waals surface area contributed by atoms with E-state index in [9.17, 15) is 48.5 Å². The maximum absolute atomic E-state index is 12.7. The lowest BCUT2D eigenvalue weighted by Gasteiger charge is -2.30. The Hall–Kier alpha value is -5.15. The van der Waals surface area contributed by atoms with Crippen LogP contribution in [-0.4, -0.2) is 159 Å². The van der Waals surface area contributed by atoms with Gasteiger partial charge < -0.3 is 33.6 Å². The number of carbonyl (C=O) groups excluding carboxylic acids is 2. The summed E-state index contributed by atoms with van der Waals surface area (Å²) in [5.74, 6) is -0.414. The zero-order valence-corrected chi connectivity index (χ0v) is 46.4. The summed E-state index contributed by atoms with van der Waals surface area (Å²) in [5, 5.41) is 11.4. The largest absolute Gasteiger partial charge is 0.456 e. The highest BCUT2D eigenvalue weighted by Crippen LogP contribution is 2.51. The van der Waals surface area contributed by atoms with Gasteiger partial charge in [-0.05, 0) is 97.7 Å². The molecule has 1 aliphatic carbocycles. The van der Waals surface area contributed by atoms with Gasteiger partial charge in [0.15, 0.2) is 6.54 Å². The second kappa shape index (κ2) is 27.9. The Morgan fingerprint density at radius 2 is 1.47 bits per heavy atom. The molecular formula is C52H74N5O16S3+. The first-order valence-electron chi connectivity index (χ1n) is 25.2. The molecule has 0 fully saturated rings. The highest BCUT2D eigenvalue weighted by molar-refractivity contribution is 7.86. The standard InChI is InChI=1S/C52H73N5O16S3/c1-51(2,3)43-37-40(73-46-36-39(15-17-42(43)46)55(23-11-35-75(63,64)65)26-27-70-30-31-72-33-32-71-29-28-69-5)12-9-13-47-52(4,21-10-34-74(60,61)62)44-38-41(76(66,67)68)16-18-45(44)56(47)24-8-6-7-14-49(58)54-22-25-57-48(53)19-20-50(57)59/h9,12-13,15-20,36-38,53H,6-8,10-11,14,21-35H2,1-5H3,(H3-,54,58,60,61,62,63,64,65,66,67,68)/p+1. The minimum atomic E-state index is -4.65. The molecule has 0 spiro atoms. The Morgan fingerprint density at radius 3 is 2.11 bits per heavy atom. The predicted molar refractivity (Wildman–Crippen MR) is 288 cm³/mol. The van der Waals surface area contributed by atoms with Crippen LogP contribution in [0, 0.1) is 5.41 Å². The van der Waals surface area contributed by atoms with Gasteiger partial charge in [0.1, 0.15) is 30.5 Å². The van der Waals surface area contributed by atoms with Gasteiger partial charge in [-0.1, -0.05) is 33.3 Å². The third-order valence-electron chi connectivity index (χ3n) is 12.9. The number of unbranched alkanes of at least 4 members (excludes halogenated alkanes) is 2. The van der Waals surface area contributed by atoms with Crippen LogP contribution < -0.4 is 20.1 Å². The summed E-state index contributed by atoms with van der Waals surface area (Å²) in [5.41, 5.74) is 2.25. The lowest BCUT2D eigenvalue weighted by atomic mass is 9.77. The molecule has 76 heavy (non-hydrogen) atoms. The second-order valence-electron chi connectivity index (χ2n) is 19.8. The number of allylic oxidation sites excluding steroid dienone is 3. The Labute approximate surface area is 446 Å². The smallest absolute Gasteiger partial charge is 0.294 e. The van der Waals surface area contributed by atoms with Crippen LogP contribution in [0.1, 0.15) is 89.5 Å². The lowest BCUT2D eigenvalue weighted by molar-refractivity contribution is -0.123. The van der Waals surface area contributed by atoms with Gasteiger partial charge in [0.2, 0.25) is 11.3 Å². The number of amides is 2. The maximum Gasteiger partial charge on any atom is 0.294 e. The number of ether oxygens (including phenoxy) is 4. The molecule has 5 rings (SSSR count). The Balaban J connectivity index is 1.45. The van der Waals surface area contributed by atoms with Gasteiger partial charge in [-0.2, -0.15) is 25.3 Å². The van der Waals surface area contributed by atoms with Crippen LogP contribution in [0.5, 0.6) is 0 Å². The Kier molecular flexibility index (Phi) is 22.7. The summed E-state index contributed by atoms with van der Waals surface area (Å²) in [4.78, 5) is 27.6. The van der Waals surface area contributed by atoms with E-state index >= 15 is 0 Å². The zero-order valence-electron chi connectivity index (χ0n) is 44.0. The number of benzene rings is 2. The molecule has 2 amide bonds. The quantitative estimate of drug-likeness (QED) is 0.0310. The molecule has 0 bridgehead atoms. The number of anilines is 1. The number of hydrogen-bond donors (Lipinski definition) is 5. The van der Waals surface area contributed by atoms with E-state index in [2.05, 4.69) is 26.1 Å². The molecule has 1 atom stereocenters. The van der Waals surface area contributed by atoms with Crippen molar-refractivity contribution in [3.8, 4) is 11.3 Å². The summed E-state index contributed by atoms with van der Waals surface area (Å²) in [6, 6.07) is 12.0. The zero-order chi connectivity index (χ0) is 55.7. The molecule has 0 radical (unpaired) electrons. The highest BCUT2D eigenvalue weighted by atomic mass is 32.2. The monoisotopic (exact) mass is 1120 g/mol. The van der Waals surface area contributed by atoms with Gasteiger partial charge in [0.25, 0.3) is 36.3 Å². The van der Waals surface area contributed by atoms with Crippen molar-refractivity contribution in [1.82, 2.24) is 14.8 Å². The molecule has 3 aliphatic heterocycles. The first kappa shape index (κ1) is 61.7. The fourth-order valence-electron chi connectivity index (χ4n) is 9.11. The van der Waals surface area contributed by atoms with Gasteiger partial charge in [0, 0.05) is 74.1 Å². The normalized spacial score (nSPS) is 17.2. The third kappa shape index (κ3) is 18.8. The van der Waals surface area contributed by atoms with Gasteiger partial charge in [-0.15, -0.1) is 0 Å². The summed E-state index contributed by atoms with van der Waals surface area (Å²) >= 11 is 0. The van der Waals surface area contributed by atoms with E-state index in [1.54, 1.807) is 25.3 Å². The average Bonchev–Trinajstić information content (AvgIpc) is 3.78. The first-order chi connectivity index (χ1) is 35.8. The highest BCUT2D eigenvalue weighted by Gasteiger charge is 2.44. The molecule has 0 saturated carbocycles. The van der Waals surface area contributed by atoms with E-state index in [0.29, 0.717) is 107 Å². The minimum Gasteiger partial charge on any atom is -0.456 e. The summed E-state index contributed by atoms with van der Waals surface area (Å²) in [7, 11) is -11.6. The molecule has 1 aromatic rings. The minimum absolute atomic E-state index is 0.00890. The number of fused-ring (bicyclic) bond motifs is 2. The molecule has 21 nitrogen and oxygen atoms in total. The SMILES string of the molecule is COCCOCCOCCOCC[N+](CCCS(=O)(=O)O)=c1ccc2c(C(C)(C)C)cc(C=CC=C3N(CCCCCC(=O)NCCN4C(=N)C=CC4=O)c4ccc(S(=O)(=O)O)cc4C3(C)CCCS(=O)(=O)O)oc-2c1. The van der Waals surface area contributed by atoms with Crippen molar-refractivity contribution >= 4 is 59.8 Å². The number of carbonyl (C=O) groups is 2. The van der Waals surface area contributed by atoms with E-state index in [1.165, 1.54) is 29.2 Å². The van der Waals surface area contributed by atoms with E-state index < -0.39 is 47.3 Å². The van der Waals surface area contributed by atoms with Crippen molar-refractivity contribution in [2.45, 2.75) is 88.4 Å². The van der Waals surface area contributed by atoms with Crippen LogP contribution >= 0.6 is 0 Å². The maximum atomic E-state index is 12.7. The molecule has 5 N–H and O–H groups in total. The van der Waals surface area contributed by atoms with Crippen LogP contribution in [0.15, 0.2) is 81.8 Å². The lowest BCUT2D eigenvalue weighted by Crippen LogP contribution is -2.37. The number of methoxy groups -OCH3 is 1. The van der Waals surface area contributed by atoms with Gasteiger partial charge in [0.05, 0.1) is 62.1 Å². The molecular weight excluding hydrogens is 1050 g/mol. The molecule has 4 aliphatic rings. The van der Waals surface area contributed by atoms with Crippen LogP contribution in [0.25, 0.3) is 17.4 Å². The van der Waals surface area contributed by atoms with Crippen LogP contribution in [-0.2, 0) is 69.7 Å². The molecule has 24 heteroatoms. The fourth-order valence-corrected chi connectivity index (χ4v) is 10.6. The summed E-state index contributed by atoms with van der Waals surface area (Å²) < 4.78 is 132. The van der Waals surface area contributed by atoms with E-state index in [1.807, 2.05) is 46.7 Å². The molecule has 0 aromatic heterocycles. The van der Waals surface area contributed by atoms with Crippen molar-refractivity contribution in [1.29, 1.82) is 5.41 Å². The predicted octanol–water partition coefficient (Wildman–Crippen LogP) is 5.07. The number of hydrogen-bond acceptors (Lipinski definition) is 15. The van der Waals surface area contributed by atoms with Crippen LogP contribution in [0.4, 0.5) is 5.69 Å². The molecule has 3 heterocycles. The van der Waals surface area contributed by atoms with E-state index in [4.69, 9.17) is 28.8 Å². The van der Waals surface area contributed by atoms with Crippen molar-refractivity contribution in [3.05, 3.63) is 94.7 Å². The number of nitrogens with one attached hydrogen (secondary N) is 2. The van der Waals surface area contributed by atoms with E-state index in [-0.39, 0.29) is 73.3 Å². The number of amidine groups is 1. The number of nitrogens with zero attached hydrogens (tertiary/aromatic N) is 3. The van der Waals surface area contributed by atoms with E-state index in [0.717, 1.165) is 16.5 Å². The molecule has 1 unspecified atom stereocenters. The first-order valence-corrected chi connectivity index (χ1v) is 29.9. The van der Waals surface area contributed by atoms with Crippen LogP contribution in [0.3, 0.4) is 0 Å². The Bertz CT molecular complexity index is 2960. The fraction of sp³-hybridized carbons (Fsp3) is 0.538. The molecule has 0 saturated heterocycles. The molecule has 1 aromatic carbocycles. The number of rotatable bonds is 32. The summed E-state index contributed by atoms with van der Waals surface area (Å²) in [6.07, 6.45) is 10.4. The van der Waals surface area contributed by atoms with Crippen molar-refractivity contribution in [2.75, 3.05) is 102 Å². The summed E-state index contributed by atoms with van der Waals surface area (Å²) in [6.45, 7) is 12.3. The van der Waals surface area contributed by atoms with Crippen molar-refractivity contribution < 1.29 is 71.9 Å². The topological polar surface area (TPSA) is 293 Å². The Morgan fingerprint density at radius 1 is 0.803 bits per heavy atom. The second-order valence-corrected chi connectivity index (χ2v) is 24.3.